The minimum atomic E-state index is -4.00. The maximum absolute atomic E-state index is 12.9. The van der Waals surface area contributed by atoms with Crippen molar-refractivity contribution in [2.45, 2.75) is 52.1 Å². The van der Waals surface area contributed by atoms with Crippen molar-refractivity contribution in [3.8, 4) is 0 Å². The summed E-state index contributed by atoms with van der Waals surface area (Å²) in [7, 11) is -4.00. The molecule has 2 aromatic carbocycles. The van der Waals surface area contributed by atoms with Crippen molar-refractivity contribution >= 4 is 32.6 Å². The Kier molecular flexibility index (Phi) is 7.71. The van der Waals surface area contributed by atoms with E-state index in [1.807, 2.05) is 6.92 Å². The fourth-order valence-electron chi connectivity index (χ4n) is 3.48. The van der Waals surface area contributed by atoms with Gasteiger partial charge in [-0.1, -0.05) is 38.1 Å². The van der Waals surface area contributed by atoms with E-state index in [2.05, 4.69) is 20.7 Å². The van der Waals surface area contributed by atoms with E-state index in [1.165, 1.54) is 12.1 Å². The minimum Gasteiger partial charge on any atom is -0.271 e. The quantitative estimate of drug-likeness (QED) is 0.424. The van der Waals surface area contributed by atoms with Crippen molar-refractivity contribution in [2.75, 3.05) is 0 Å². The molecule has 1 unspecified atom stereocenters. The number of aryl methyl sites for hydroxylation is 3. The lowest BCUT2D eigenvalue weighted by molar-refractivity contribution is -0.124. The van der Waals surface area contributed by atoms with Gasteiger partial charge in [-0.15, -0.1) is 0 Å². The molecule has 1 aromatic heterocycles. The van der Waals surface area contributed by atoms with Crippen molar-refractivity contribution in [2.24, 2.45) is 5.92 Å². The molecular formula is C24H29N5O5S. The number of rotatable bonds is 7. The van der Waals surface area contributed by atoms with Crippen LogP contribution in [0.15, 0.2) is 52.2 Å². The first kappa shape index (κ1) is 26.0. The van der Waals surface area contributed by atoms with E-state index in [1.54, 1.807) is 58.0 Å². The normalized spacial score (nSPS) is 12.5. The molecular weight excluding hydrogens is 470 g/mol. The smallest absolute Gasteiger partial charge is 0.271 e. The maximum atomic E-state index is 12.9. The summed E-state index contributed by atoms with van der Waals surface area (Å²) in [6, 6.07) is 10.1. The summed E-state index contributed by atoms with van der Waals surface area (Å²) in [5.74, 6) is -1.90. The molecule has 3 rings (SSSR count). The zero-order valence-electron chi connectivity index (χ0n) is 20.2. The Labute approximate surface area is 203 Å². The molecule has 0 aliphatic heterocycles. The molecule has 3 N–H and O–H groups in total. The highest BCUT2D eigenvalue weighted by atomic mass is 32.2. The van der Waals surface area contributed by atoms with Crippen molar-refractivity contribution < 1.29 is 18.0 Å². The molecule has 0 aliphatic rings. The van der Waals surface area contributed by atoms with Gasteiger partial charge in [0.15, 0.2) is 5.69 Å². The zero-order chi connectivity index (χ0) is 25.9. The fraction of sp³-hybridized carbons (Fsp3) is 0.333. The predicted molar refractivity (Wildman–Crippen MR) is 132 cm³/mol. The minimum absolute atomic E-state index is 0.0422. The third-order valence-electron chi connectivity index (χ3n) is 5.70. The summed E-state index contributed by atoms with van der Waals surface area (Å²) < 4.78 is 29.4. The SMILES string of the molecule is CCn1nc(C(=O)NNC(=O)C(NS(=O)(=O)c2ccc(C)c(C)c2)C(C)C)c2ccccc2c1=O. The second-order valence-electron chi connectivity index (χ2n) is 8.55. The van der Waals surface area contributed by atoms with Crippen molar-refractivity contribution in [1.82, 2.24) is 25.4 Å². The number of nitrogens with one attached hydrogen (secondary N) is 3. The molecule has 0 spiro atoms. The van der Waals surface area contributed by atoms with Crippen LogP contribution in [0.4, 0.5) is 0 Å². The van der Waals surface area contributed by atoms with Gasteiger partial charge < -0.3 is 0 Å². The van der Waals surface area contributed by atoms with E-state index in [0.717, 1.165) is 15.8 Å². The van der Waals surface area contributed by atoms with E-state index >= 15 is 0 Å². The van der Waals surface area contributed by atoms with Gasteiger partial charge >= 0.3 is 0 Å². The summed E-state index contributed by atoms with van der Waals surface area (Å²) >= 11 is 0. The second-order valence-corrected chi connectivity index (χ2v) is 10.3. The number of hydrogen-bond donors (Lipinski definition) is 3. The molecule has 0 radical (unpaired) electrons. The second kappa shape index (κ2) is 10.4. The number of sulfonamides is 1. The van der Waals surface area contributed by atoms with E-state index in [4.69, 9.17) is 0 Å². The van der Waals surface area contributed by atoms with Crippen LogP contribution in [-0.2, 0) is 21.4 Å². The van der Waals surface area contributed by atoms with E-state index in [0.29, 0.717) is 10.8 Å². The molecule has 0 fully saturated rings. The van der Waals surface area contributed by atoms with Gasteiger partial charge in [-0.3, -0.25) is 25.2 Å². The monoisotopic (exact) mass is 499 g/mol. The number of nitrogens with zero attached hydrogens (tertiary/aromatic N) is 2. The van der Waals surface area contributed by atoms with Crippen LogP contribution in [0.2, 0.25) is 0 Å². The Hall–Kier alpha value is -3.57. The molecule has 1 atom stereocenters. The highest BCUT2D eigenvalue weighted by Crippen LogP contribution is 2.17. The van der Waals surface area contributed by atoms with Crippen LogP contribution >= 0.6 is 0 Å². The van der Waals surface area contributed by atoms with Crippen molar-refractivity contribution in [3.05, 3.63) is 69.6 Å². The number of carbonyl (C=O) groups excluding carboxylic acids is 2. The van der Waals surface area contributed by atoms with Crippen LogP contribution in [0.3, 0.4) is 0 Å². The van der Waals surface area contributed by atoms with Crippen molar-refractivity contribution in [3.63, 3.8) is 0 Å². The number of amides is 2. The van der Waals surface area contributed by atoms with E-state index in [9.17, 15) is 22.8 Å². The Morgan fingerprint density at radius 3 is 2.26 bits per heavy atom. The lowest BCUT2D eigenvalue weighted by atomic mass is 10.1. The Morgan fingerprint density at radius 1 is 1.00 bits per heavy atom. The molecule has 2 amide bonds. The molecule has 186 valence electrons. The van der Waals surface area contributed by atoms with Crippen molar-refractivity contribution in [1.29, 1.82) is 0 Å². The maximum Gasteiger partial charge on any atom is 0.290 e. The third kappa shape index (κ3) is 5.57. The molecule has 3 aromatic rings. The third-order valence-corrected chi connectivity index (χ3v) is 7.14. The number of hydrazine groups is 1. The Balaban J connectivity index is 1.80. The molecule has 0 saturated heterocycles. The Bertz CT molecular complexity index is 1450. The van der Waals surface area contributed by atoms with Gasteiger partial charge in [-0.2, -0.15) is 9.82 Å². The van der Waals surface area contributed by atoms with Gasteiger partial charge in [0.1, 0.15) is 6.04 Å². The van der Waals surface area contributed by atoms with Crippen LogP contribution in [0.25, 0.3) is 10.8 Å². The summed E-state index contributed by atoms with van der Waals surface area (Å²) in [5, 5.41) is 4.78. The Morgan fingerprint density at radius 2 is 1.66 bits per heavy atom. The number of carbonyl (C=O) groups is 2. The highest BCUT2D eigenvalue weighted by molar-refractivity contribution is 7.89. The molecule has 0 saturated carbocycles. The topological polar surface area (TPSA) is 139 Å². The fourth-order valence-corrected chi connectivity index (χ4v) is 4.91. The summed E-state index contributed by atoms with van der Waals surface area (Å²) in [6.07, 6.45) is 0. The number of aromatic nitrogens is 2. The number of fused-ring (bicyclic) bond motifs is 1. The molecule has 0 bridgehead atoms. The lowest BCUT2D eigenvalue weighted by Gasteiger charge is -2.22. The largest absolute Gasteiger partial charge is 0.290 e. The number of hydrogen-bond acceptors (Lipinski definition) is 6. The molecule has 10 nitrogen and oxygen atoms in total. The van der Waals surface area contributed by atoms with Crippen LogP contribution in [0.1, 0.15) is 42.4 Å². The van der Waals surface area contributed by atoms with Gasteiger partial charge in [-0.25, -0.2) is 13.1 Å². The van der Waals surface area contributed by atoms with Gasteiger partial charge in [-0.05, 0) is 56.0 Å². The van der Waals surface area contributed by atoms with Gasteiger partial charge in [0.2, 0.25) is 10.0 Å². The van der Waals surface area contributed by atoms with Gasteiger partial charge in [0.05, 0.1) is 10.3 Å². The molecule has 35 heavy (non-hydrogen) atoms. The molecule has 11 heteroatoms. The first-order valence-electron chi connectivity index (χ1n) is 11.2. The van der Waals surface area contributed by atoms with Gasteiger partial charge in [0, 0.05) is 11.9 Å². The predicted octanol–water partition coefficient (Wildman–Crippen LogP) is 1.80. The van der Waals surface area contributed by atoms with Crippen LogP contribution in [0, 0.1) is 19.8 Å². The summed E-state index contributed by atoms with van der Waals surface area (Å²) in [4.78, 5) is 38.3. The van der Waals surface area contributed by atoms with E-state index in [-0.39, 0.29) is 22.7 Å². The summed E-state index contributed by atoms with van der Waals surface area (Å²) in [5.41, 5.74) is 5.95. The molecule has 1 heterocycles. The average molecular weight is 500 g/mol. The standard InChI is InChI=1S/C24H29N5O5S/c1-6-29-24(32)19-10-8-7-9-18(19)21(27-29)23(31)26-25-22(30)20(14(2)3)28-35(33,34)17-12-11-15(4)16(5)13-17/h7-14,20,28H,6H2,1-5H3,(H,25,30)(H,26,31). The zero-order valence-corrected chi connectivity index (χ0v) is 21.1. The average Bonchev–Trinajstić information content (AvgIpc) is 2.82. The first-order chi connectivity index (χ1) is 16.5. The van der Waals surface area contributed by atoms with Crippen LogP contribution in [-0.4, -0.2) is 36.1 Å². The lowest BCUT2D eigenvalue weighted by Crippen LogP contribution is -2.54. The molecule has 0 aliphatic carbocycles. The summed E-state index contributed by atoms with van der Waals surface area (Å²) in [6.45, 7) is 9.02. The van der Waals surface area contributed by atoms with E-state index < -0.39 is 33.8 Å². The number of benzene rings is 2. The first-order valence-corrected chi connectivity index (χ1v) is 12.6. The highest BCUT2D eigenvalue weighted by Gasteiger charge is 2.29. The van der Waals surface area contributed by atoms with Gasteiger partial charge in [0.25, 0.3) is 17.4 Å². The van der Waals surface area contributed by atoms with Crippen LogP contribution < -0.4 is 21.1 Å². The van der Waals surface area contributed by atoms with Crippen LogP contribution in [0.5, 0.6) is 0 Å².